The average Bonchev–Trinajstić information content (AvgIpc) is 2.46. The number of benzene rings is 3. The van der Waals surface area contributed by atoms with Gasteiger partial charge in [-0.05, 0) is 40.8 Å². The van der Waals surface area contributed by atoms with E-state index in [-0.39, 0.29) is 5.97 Å². The summed E-state index contributed by atoms with van der Waals surface area (Å²) in [6.07, 6.45) is 1.25. The van der Waals surface area contributed by atoms with Gasteiger partial charge in [0.2, 0.25) is 0 Å². The van der Waals surface area contributed by atoms with Crippen LogP contribution >= 0.6 is 0 Å². The molecule has 0 saturated heterocycles. The smallest absolute Gasteiger partial charge is 0.311 e. The SMILES string of the molecule is CCCC(=O)Oc1cccc2cc3ccccc3cc12. The number of fused-ring (bicyclic) bond motifs is 2. The third-order valence-corrected chi connectivity index (χ3v) is 3.38. The van der Waals surface area contributed by atoms with Crippen molar-refractivity contribution < 1.29 is 9.53 Å². The molecule has 100 valence electrons. The van der Waals surface area contributed by atoms with Crippen LogP contribution in [0.5, 0.6) is 5.75 Å². The van der Waals surface area contributed by atoms with E-state index in [1.54, 1.807) is 0 Å². The minimum Gasteiger partial charge on any atom is -0.426 e. The molecule has 0 spiro atoms. The van der Waals surface area contributed by atoms with Gasteiger partial charge in [-0.15, -0.1) is 0 Å². The van der Waals surface area contributed by atoms with Crippen LogP contribution in [-0.2, 0) is 4.79 Å². The fourth-order valence-electron chi connectivity index (χ4n) is 2.40. The standard InChI is InChI=1S/C18H16O2/c1-2-6-18(19)20-17-10-5-9-15-11-13-7-3-4-8-14(13)12-16(15)17/h3-5,7-12H,2,6H2,1H3. The largest absolute Gasteiger partial charge is 0.426 e. The molecule has 0 saturated carbocycles. The summed E-state index contributed by atoms with van der Waals surface area (Å²) in [5.41, 5.74) is 0. The number of ether oxygens (including phenoxy) is 1. The molecule has 0 bridgehead atoms. The second-order valence-electron chi connectivity index (χ2n) is 4.90. The van der Waals surface area contributed by atoms with Gasteiger partial charge < -0.3 is 4.74 Å². The second-order valence-corrected chi connectivity index (χ2v) is 4.90. The summed E-state index contributed by atoms with van der Waals surface area (Å²) in [5, 5.41) is 4.41. The van der Waals surface area contributed by atoms with Crippen LogP contribution in [0.4, 0.5) is 0 Å². The molecule has 0 aliphatic carbocycles. The Morgan fingerprint density at radius 3 is 2.40 bits per heavy atom. The summed E-state index contributed by atoms with van der Waals surface area (Å²) in [6.45, 7) is 1.97. The number of hydrogen-bond donors (Lipinski definition) is 0. The lowest BCUT2D eigenvalue weighted by Crippen LogP contribution is -2.07. The molecule has 3 aromatic carbocycles. The molecule has 20 heavy (non-hydrogen) atoms. The monoisotopic (exact) mass is 264 g/mol. The predicted octanol–water partition coefficient (Wildman–Crippen LogP) is 4.70. The Morgan fingerprint density at radius 2 is 1.65 bits per heavy atom. The molecular weight excluding hydrogens is 248 g/mol. The fourth-order valence-corrected chi connectivity index (χ4v) is 2.40. The zero-order valence-corrected chi connectivity index (χ0v) is 11.4. The van der Waals surface area contributed by atoms with E-state index in [4.69, 9.17) is 4.74 Å². The minimum atomic E-state index is -0.173. The molecule has 0 unspecified atom stereocenters. The number of carbonyl (C=O) groups excluding carboxylic acids is 1. The topological polar surface area (TPSA) is 26.3 Å². The number of esters is 1. The van der Waals surface area contributed by atoms with Gasteiger partial charge in [-0.1, -0.05) is 43.3 Å². The van der Waals surface area contributed by atoms with Crippen LogP contribution in [0.1, 0.15) is 19.8 Å². The van der Waals surface area contributed by atoms with Gasteiger partial charge in [0, 0.05) is 11.8 Å². The number of carbonyl (C=O) groups is 1. The Balaban J connectivity index is 2.12. The lowest BCUT2D eigenvalue weighted by atomic mass is 10.0. The molecular formula is C18H16O2. The highest BCUT2D eigenvalue weighted by Crippen LogP contribution is 2.30. The molecule has 0 fully saturated rings. The van der Waals surface area contributed by atoms with Gasteiger partial charge in [0.1, 0.15) is 5.75 Å². The van der Waals surface area contributed by atoms with Crippen LogP contribution in [0.3, 0.4) is 0 Å². The average molecular weight is 264 g/mol. The maximum atomic E-state index is 11.7. The first-order valence-electron chi connectivity index (χ1n) is 6.90. The van der Waals surface area contributed by atoms with Crippen LogP contribution in [0.15, 0.2) is 54.6 Å². The van der Waals surface area contributed by atoms with E-state index in [2.05, 4.69) is 24.3 Å². The molecule has 2 heteroatoms. The maximum Gasteiger partial charge on any atom is 0.311 e. The first kappa shape index (κ1) is 12.7. The third-order valence-electron chi connectivity index (χ3n) is 3.38. The molecule has 0 aromatic heterocycles. The van der Waals surface area contributed by atoms with E-state index in [1.807, 2.05) is 37.3 Å². The van der Waals surface area contributed by atoms with E-state index in [0.29, 0.717) is 12.2 Å². The van der Waals surface area contributed by atoms with Crippen molar-refractivity contribution in [3.63, 3.8) is 0 Å². The van der Waals surface area contributed by atoms with E-state index in [1.165, 1.54) is 5.39 Å². The first-order valence-corrected chi connectivity index (χ1v) is 6.90. The summed E-state index contributed by atoms with van der Waals surface area (Å²) in [6, 6.07) is 18.2. The second kappa shape index (κ2) is 5.33. The number of rotatable bonds is 3. The van der Waals surface area contributed by atoms with Gasteiger partial charge in [0.15, 0.2) is 0 Å². The van der Waals surface area contributed by atoms with Crippen molar-refractivity contribution in [1.82, 2.24) is 0 Å². The highest BCUT2D eigenvalue weighted by Gasteiger charge is 2.08. The van der Waals surface area contributed by atoms with Crippen molar-refractivity contribution in [3.05, 3.63) is 54.6 Å². The highest BCUT2D eigenvalue weighted by molar-refractivity contribution is 6.01. The Labute approximate surface area is 118 Å². The predicted molar refractivity (Wildman–Crippen MR) is 82.0 cm³/mol. The summed E-state index contributed by atoms with van der Waals surface area (Å²) in [5.74, 6) is 0.472. The number of hydrogen-bond acceptors (Lipinski definition) is 2. The molecule has 0 aliphatic rings. The Hall–Kier alpha value is -2.35. The van der Waals surface area contributed by atoms with Crippen molar-refractivity contribution in [2.75, 3.05) is 0 Å². The summed E-state index contributed by atoms with van der Waals surface area (Å²) < 4.78 is 5.48. The third kappa shape index (κ3) is 2.37. The van der Waals surface area contributed by atoms with Gasteiger partial charge in [0.05, 0.1) is 0 Å². The lowest BCUT2D eigenvalue weighted by molar-refractivity contribution is -0.134. The van der Waals surface area contributed by atoms with Crippen LogP contribution < -0.4 is 4.74 Å². The molecule has 0 radical (unpaired) electrons. The molecule has 0 N–H and O–H groups in total. The maximum absolute atomic E-state index is 11.7. The van der Waals surface area contributed by atoms with E-state index >= 15 is 0 Å². The van der Waals surface area contributed by atoms with Crippen LogP contribution in [0.25, 0.3) is 21.5 Å². The van der Waals surface area contributed by atoms with E-state index < -0.39 is 0 Å². The molecule has 0 atom stereocenters. The van der Waals surface area contributed by atoms with Crippen molar-refractivity contribution >= 4 is 27.5 Å². The zero-order chi connectivity index (χ0) is 13.9. The molecule has 3 aromatic rings. The first-order chi connectivity index (χ1) is 9.78. The molecule has 0 heterocycles. The Kier molecular flexibility index (Phi) is 3.38. The van der Waals surface area contributed by atoms with Crippen molar-refractivity contribution in [3.8, 4) is 5.75 Å². The minimum absolute atomic E-state index is 0.173. The Morgan fingerprint density at radius 1 is 0.950 bits per heavy atom. The van der Waals surface area contributed by atoms with Crippen molar-refractivity contribution in [2.24, 2.45) is 0 Å². The normalized spacial score (nSPS) is 10.8. The zero-order valence-electron chi connectivity index (χ0n) is 11.4. The summed E-state index contributed by atoms with van der Waals surface area (Å²) >= 11 is 0. The molecule has 2 nitrogen and oxygen atoms in total. The van der Waals surface area contributed by atoms with Crippen LogP contribution in [0, 0.1) is 0 Å². The van der Waals surface area contributed by atoms with Gasteiger partial charge >= 0.3 is 5.97 Å². The van der Waals surface area contributed by atoms with Gasteiger partial charge in [0.25, 0.3) is 0 Å². The summed E-state index contributed by atoms with van der Waals surface area (Å²) in [4.78, 5) is 11.7. The molecule has 0 amide bonds. The highest BCUT2D eigenvalue weighted by atomic mass is 16.5. The van der Waals surface area contributed by atoms with E-state index in [9.17, 15) is 4.79 Å². The fraction of sp³-hybridized carbons (Fsp3) is 0.167. The quantitative estimate of drug-likeness (QED) is 0.389. The van der Waals surface area contributed by atoms with Crippen LogP contribution in [-0.4, -0.2) is 5.97 Å². The molecule has 0 aliphatic heterocycles. The van der Waals surface area contributed by atoms with Gasteiger partial charge in [-0.2, -0.15) is 0 Å². The van der Waals surface area contributed by atoms with Gasteiger partial charge in [-0.3, -0.25) is 4.79 Å². The van der Waals surface area contributed by atoms with Crippen LogP contribution in [0.2, 0.25) is 0 Å². The van der Waals surface area contributed by atoms with Crippen molar-refractivity contribution in [2.45, 2.75) is 19.8 Å². The Bertz CT molecular complexity index is 775. The lowest BCUT2D eigenvalue weighted by Gasteiger charge is -2.08. The van der Waals surface area contributed by atoms with Crippen molar-refractivity contribution in [1.29, 1.82) is 0 Å². The van der Waals surface area contributed by atoms with Gasteiger partial charge in [-0.25, -0.2) is 0 Å². The van der Waals surface area contributed by atoms with E-state index in [0.717, 1.165) is 22.6 Å². The molecule has 3 rings (SSSR count). The summed E-state index contributed by atoms with van der Waals surface area (Å²) in [7, 11) is 0.